The Morgan fingerprint density at radius 2 is 2.33 bits per heavy atom. The van der Waals surface area contributed by atoms with E-state index in [1.54, 1.807) is 11.3 Å². The summed E-state index contributed by atoms with van der Waals surface area (Å²) in [7, 11) is 3.83. The summed E-state index contributed by atoms with van der Waals surface area (Å²) in [6.45, 7) is 1.50. The molecule has 0 unspecified atom stereocenters. The highest BCUT2D eigenvalue weighted by atomic mass is 79.9. The van der Waals surface area contributed by atoms with Gasteiger partial charge in [-0.3, -0.25) is 4.79 Å². The normalized spacial score (nSPS) is 17.3. The van der Waals surface area contributed by atoms with Crippen molar-refractivity contribution in [3.63, 3.8) is 0 Å². The number of carbonyl (C=O) groups excluding carboxylic acids is 1. The number of nitrogens with one attached hydrogen (secondary N) is 1. The molecule has 1 aliphatic rings. The van der Waals surface area contributed by atoms with Crippen molar-refractivity contribution in [2.45, 2.75) is 25.8 Å². The van der Waals surface area contributed by atoms with Crippen LogP contribution in [-0.4, -0.2) is 31.4 Å². The maximum Gasteiger partial charge on any atom is 0.230 e. The number of nitrogens with zero attached hydrogens (tertiary/aromatic N) is 1. The van der Waals surface area contributed by atoms with Gasteiger partial charge in [-0.15, -0.1) is 11.3 Å². The molecule has 1 aromatic rings. The maximum absolute atomic E-state index is 12.5. The van der Waals surface area contributed by atoms with Gasteiger partial charge < -0.3 is 10.2 Å². The van der Waals surface area contributed by atoms with Crippen LogP contribution in [0.25, 0.3) is 0 Å². The van der Waals surface area contributed by atoms with Gasteiger partial charge >= 0.3 is 0 Å². The summed E-state index contributed by atoms with van der Waals surface area (Å²) in [5.74, 6) is 0.285. The fourth-order valence-electron chi connectivity index (χ4n) is 2.56. The zero-order valence-corrected chi connectivity index (χ0v) is 13.2. The van der Waals surface area contributed by atoms with Gasteiger partial charge in [-0.1, -0.05) is 6.42 Å². The quantitative estimate of drug-likeness (QED) is 0.900. The largest absolute Gasteiger partial charge is 0.340 e. The SMILES string of the molecule is CNCC1(C(=O)N(C)Cc2cc(Br)cs2)CCC1. The molecule has 1 aromatic heterocycles. The number of carbonyl (C=O) groups is 1. The Bertz CT molecular complexity index is 428. The van der Waals surface area contributed by atoms with Crippen LogP contribution in [-0.2, 0) is 11.3 Å². The molecule has 0 aromatic carbocycles. The molecule has 1 aliphatic carbocycles. The van der Waals surface area contributed by atoms with Crippen LogP contribution in [0.4, 0.5) is 0 Å². The number of halogens is 1. The average molecular weight is 331 g/mol. The predicted molar refractivity (Wildman–Crippen MR) is 78.7 cm³/mol. The fourth-order valence-corrected chi connectivity index (χ4v) is 4.06. The van der Waals surface area contributed by atoms with Gasteiger partial charge in [0.15, 0.2) is 0 Å². The Morgan fingerprint density at radius 1 is 1.61 bits per heavy atom. The third-order valence-corrected chi connectivity index (χ3v) is 5.32. The van der Waals surface area contributed by atoms with E-state index in [0.717, 1.165) is 23.9 Å². The first-order valence-electron chi connectivity index (χ1n) is 6.20. The summed E-state index contributed by atoms with van der Waals surface area (Å²) in [5, 5.41) is 5.22. The summed E-state index contributed by atoms with van der Waals surface area (Å²) in [4.78, 5) is 15.6. The summed E-state index contributed by atoms with van der Waals surface area (Å²) in [6, 6.07) is 2.08. The van der Waals surface area contributed by atoms with E-state index >= 15 is 0 Å². The second-order valence-corrected chi connectivity index (χ2v) is 6.97. The third-order valence-electron chi connectivity index (χ3n) is 3.64. The molecule has 2 rings (SSSR count). The minimum Gasteiger partial charge on any atom is -0.340 e. The van der Waals surface area contributed by atoms with E-state index < -0.39 is 0 Å². The summed E-state index contributed by atoms with van der Waals surface area (Å²) >= 11 is 5.13. The Labute approximate surface area is 121 Å². The van der Waals surface area contributed by atoms with Gasteiger partial charge in [0.25, 0.3) is 0 Å². The lowest BCUT2D eigenvalue weighted by atomic mass is 9.67. The van der Waals surface area contributed by atoms with Crippen LogP contribution in [0.3, 0.4) is 0 Å². The molecule has 0 bridgehead atoms. The van der Waals surface area contributed by atoms with Crippen molar-refractivity contribution >= 4 is 33.2 Å². The van der Waals surface area contributed by atoms with Crippen LogP contribution in [0.1, 0.15) is 24.1 Å². The lowest BCUT2D eigenvalue weighted by Crippen LogP contribution is -2.51. The monoisotopic (exact) mass is 330 g/mol. The highest BCUT2D eigenvalue weighted by Crippen LogP contribution is 2.42. The number of hydrogen-bond acceptors (Lipinski definition) is 3. The number of hydrogen-bond donors (Lipinski definition) is 1. The average Bonchev–Trinajstić information content (AvgIpc) is 2.68. The second-order valence-electron chi connectivity index (χ2n) is 5.06. The molecule has 0 radical (unpaired) electrons. The minimum atomic E-state index is -0.141. The van der Waals surface area contributed by atoms with Crippen molar-refractivity contribution < 1.29 is 4.79 Å². The Morgan fingerprint density at radius 3 is 2.78 bits per heavy atom. The maximum atomic E-state index is 12.5. The smallest absolute Gasteiger partial charge is 0.230 e. The van der Waals surface area contributed by atoms with Crippen molar-refractivity contribution in [3.05, 3.63) is 20.8 Å². The number of amides is 1. The van der Waals surface area contributed by atoms with E-state index in [1.165, 1.54) is 11.3 Å². The molecule has 1 saturated carbocycles. The molecular formula is C13H19BrN2OS. The molecule has 0 saturated heterocycles. The van der Waals surface area contributed by atoms with Crippen LogP contribution in [0.15, 0.2) is 15.9 Å². The minimum absolute atomic E-state index is 0.141. The zero-order chi connectivity index (χ0) is 13.2. The molecular weight excluding hydrogens is 312 g/mol. The molecule has 3 nitrogen and oxygen atoms in total. The van der Waals surface area contributed by atoms with Crippen molar-refractivity contribution in [3.8, 4) is 0 Å². The topological polar surface area (TPSA) is 32.3 Å². The molecule has 1 heterocycles. The standard InChI is InChI=1S/C13H19BrN2OS/c1-15-9-13(4-3-5-13)12(17)16(2)7-11-6-10(14)8-18-11/h6,8,15H,3-5,7,9H2,1-2H3. The number of rotatable bonds is 5. The van der Waals surface area contributed by atoms with Gasteiger partial charge in [0.1, 0.15) is 0 Å². The predicted octanol–water partition coefficient (Wildman–Crippen LogP) is 2.86. The lowest BCUT2D eigenvalue weighted by molar-refractivity contribution is -0.146. The van der Waals surface area contributed by atoms with E-state index in [9.17, 15) is 4.79 Å². The molecule has 0 aliphatic heterocycles. The summed E-state index contributed by atoms with van der Waals surface area (Å²) in [6.07, 6.45) is 3.21. The molecule has 1 amide bonds. The fraction of sp³-hybridized carbons (Fsp3) is 0.615. The highest BCUT2D eigenvalue weighted by molar-refractivity contribution is 9.10. The van der Waals surface area contributed by atoms with Crippen LogP contribution in [0.5, 0.6) is 0 Å². The van der Waals surface area contributed by atoms with Crippen molar-refractivity contribution in [1.29, 1.82) is 0 Å². The molecule has 0 spiro atoms. The Hall–Kier alpha value is -0.390. The van der Waals surface area contributed by atoms with Gasteiger partial charge in [-0.05, 0) is 41.9 Å². The summed E-state index contributed by atoms with van der Waals surface area (Å²) < 4.78 is 1.09. The molecule has 1 fully saturated rings. The molecule has 100 valence electrons. The zero-order valence-electron chi connectivity index (χ0n) is 10.8. The van der Waals surface area contributed by atoms with Crippen molar-refractivity contribution in [2.75, 3.05) is 20.6 Å². The summed E-state index contributed by atoms with van der Waals surface area (Å²) in [5.41, 5.74) is -0.141. The first kappa shape index (κ1) is 14.0. The van der Waals surface area contributed by atoms with Gasteiger partial charge in [-0.25, -0.2) is 0 Å². The highest BCUT2D eigenvalue weighted by Gasteiger charge is 2.44. The third kappa shape index (κ3) is 2.78. The van der Waals surface area contributed by atoms with Crippen LogP contribution < -0.4 is 5.32 Å². The van der Waals surface area contributed by atoms with E-state index in [0.29, 0.717) is 6.54 Å². The first-order chi connectivity index (χ1) is 8.57. The molecule has 5 heteroatoms. The van der Waals surface area contributed by atoms with E-state index in [-0.39, 0.29) is 11.3 Å². The van der Waals surface area contributed by atoms with E-state index in [4.69, 9.17) is 0 Å². The Balaban J connectivity index is 1.99. The van der Waals surface area contributed by atoms with Crippen LogP contribution in [0, 0.1) is 5.41 Å². The Kier molecular flexibility index (Phi) is 4.45. The lowest BCUT2D eigenvalue weighted by Gasteiger charge is -2.42. The molecule has 18 heavy (non-hydrogen) atoms. The van der Waals surface area contributed by atoms with Gasteiger partial charge in [0, 0.05) is 28.3 Å². The van der Waals surface area contributed by atoms with E-state index in [1.807, 2.05) is 19.0 Å². The van der Waals surface area contributed by atoms with Crippen LogP contribution in [0.2, 0.25) is 0 Å². The van der Waals surface area contributed by atoms with Crippen molar-refractivity contribution in [1.82, 2.24) is 10.2 Å². The second kappa shape index (κ2) is 5.72. The van der Waals surface area contributed by atoms with Crippen molar-refractivity contribution in [2.24, 2.45) is 5.41 Å². The molecule has 1 N–H and O–H groups in total. The van der Waals surface area contributed by atoms with Gasteiger partial charge in [-0.2, -0.15) is 0 Å². The first-order valence-corrected chi connectivity index (χ1v) is 7.88. The van der Waals surface area contributed by atoms with Gasteiger partial charge in [0.05, 0.1) is 12.0 Å². The van der Waals surface area contributed by atoms with E-state index in [2.05, 4.69) is 32.7 Å². The molecule has 0 atom stereocenters. The number of thiophene rings is 1. The van der Waals surface area contributed by atoms with Crippen LogP contribution >= 0.6 is 27.3 Å². The van der Waals surface area contributed by atoms with Gasteiger partial charge in [0.2, 0.25) is 5.91 Å².